The van der Waals surface area contributed by atoms with Crippen LogP contribution in [0, 0.1) is 0 Å². The second-order valence-electron chi connectivity index (χ2n) is 10.9. The molecule has 1 amide bonds. The first-order valence-electron chi connectivity index (χ1n) is 14.4. The molecule has 3 aliphatic heterocycles. The third-order valence-corrected chi connectivity index (χ3v) is 10.6. The first-order valence-corrected chi connectivity index (χ1v) is 16.1. The van der Waals surface area contributed by atoms with Crippen LogP contribution in [0.4, 0.5) is 17.1 Å². The summed E-state index contributed by atoms with van der Waals surface area (Å²) in [7, 11) is 0. The van der Waals surface area contributed by atoms with E-state index in [9.17, 15) is 4.79 Å². The summed E-state index contributed by atoms with van der Waals surface area (Å²) >= 11 is 3.80. The molecule has 0 saturated carbocycles. The number of hydrogen-bond acceptors (Lipinski definition) is 8. The molecule has 2 aromatic carbocycles. The standard InChI is InChI=1S/C32H34N6OS2/c1-23-38(27-5-2-3-6-29(27)41-23)28-12-20-40-31(28)25-11-15-35(21-25)22-30(39)37-18-16-36(17-19-37)26-9-7-24(8-10-26)32-33-13-4-14-34-32/h2-10,12-14,20,23,25H,11,15-19,21-22H2,1H3/t23-,25?/m0/s1. The Morgan fingerprint density at radius 1 is 0.902 bits per heavy atom. The maximum atomic E-state index is 13.3. The van der Waals surface area contributed by atoms with Crippen molar-refractivity contribution in [3.05, 3.63) is 83.3 Å². The number of thiophene rings is 1. The van der Waals surface area contributed by atoms with Gasteiger partial charge in [0.25, 0.3) is 0 Å². The van der Waals surface area contributed by atoms with E-state index < -0.39 is 0 Å². The minimum Gasteiger partial charge on any atom is -0.368 e. The fraction of sp³-hybridized carbons (Fsp3) is 0.344. The number of aromatic nitrogens is 2. The van der Waals surface area contributed by atoms with E-state index in [2.05, 4.69) is 91.6 Å². The van der Waals surface area contributed by atoms with Gasteiger partial charge in [-0.2, -0.15) is 0 Å². The number of piperazine rings is 1. The molecule has 9 heteroatoms. The molecule has 41 heavy (non-hydrogen) atoms. The number of carbonyl (C=O) groups is 1. The van der Waals surface area contributed by atoms with Gasteiger partial charge in [-0.1, -0.05) is 23.9 Å². The number of para-hydroxylation sites is 1. The Hall–Kier alpha value is -3.40. The van der Waals surface area contributed by atoms with Gasteiger partial charge in [0.1, 0.15) is 0 Å². The van der Waals surface area contributed by atoms with Crippen molar-refractivity contribution in [3.8, 4) is 11.4 Å². The number of rotatable bonds is 6. The highest BCUT2D eigenvalue weighted by atomic mass is 32.2. The van der Waals surface area contributed by atoms with E-state index in [1.807, 2.05) is 34.1 Å². The molecule has 1 unspecified atom stereocenters. The summed E-state index contributed by atoms with van der Waals surface area (Å²) in [6, 6.07) is 21.3. The number of nitrogens with zero attached hydrogens (tertiary/aromatic N) is 6. The summed E-state index contributed by atoms with van der Waals surface area (Å²) in [5.41, 5.74) is 4.85. The molecule has 0 spiro atoms. The fourth-order valence-electron chi connectivity index (χ4n) is 6.30. The summed E-state index contributed by atoms with van der Waals surface area (Å²) in [5, 5.41) is 2.62. The molecular formula is C32H34N6OS2. The average Bonchev–Trinajstić information content (AvgIpc) is 3.75. The van der Waals surface area contributed by atoms with Crippen LogP contribution >= 0.6 is 23.1 Å². The first-order chi connectivity index (χ1) is 20.1. The smallest absolute Gasteiger partial charge is 0.236 e. The predicted molar refractivity (Wildman–Crippen MR) is 168 cm³/mol. The van der Waals surface area contributed by atoms with E-state index in [-0.39, 0.29) is 5.91 Å². The lowest BCUT2D eigenvalue weighted by Crippen LogP contribution is -2.51. The van der Waals surface area contributed by atoms with E-state index in [0.29, 0.717) is 17.8 Å². The van der Waals surface area contributed by atoms with Gasteiger partial charge in [0, 0.05) is 72.1 Å². The molecule has 4 aromatic rings. The summed E-state index contributed by atoms with van der Waals surface area (Å²) in [4.78, 5) is 34.1. The van der Waals surface area contributed by atoms with Gasteiger partial charge in [0.05, 0.1) is 23.3 Å². The van der Waals surface area contributed by atoms with Gasteiger partial charge >= 0.3 is 0 Å². The normalized spacial score (nSPS) is 21.0. The molecule has 7 rings (SSSR count). The van der Waals surface area contributed by atoms with Crippen molar-refractivity contribution in [3.63, 3.8) is 0 Å². The summed E-state index contributed by atoms with van der Waals surface area (Å²) < 4.78 is 0. The van der Waals surface area contributed by atoms with Gasteiger partial charge in [-0.3, -0.25) is 9.69 Å². The lowest BCUT2D eigenvalue weighted by molar-refractivity contribution is -0.132. The van der Waals surface area contributed by atoms with Gasteiger partial charge in [0.2, 0.25) is 5.91 Å². The topological polar surface area (TPSA) is 55.8 Å². The highest BCUT2D eigenvalue weighted by Crippen LogP contribution is 2.50. The van der Waals surface area contributed by atoms with Crippen LogP contribution in [0.15, 0.2) is 83.3 Å². The van der Waals surface area contributed by atoms with E-state index >= 15 is 0 Å². The number of carbonyl (C=O) groups excluding carboxylic acids is 1. The van der Waals surface area contributed by atoms with Gasteiger partial charge in [0.15, 0.2) is 5.82 Å². The lowest BCUT2D eigenvalue weighted by atomic mass is 10.1. The molecule has 2 aromatic heterocycles. The number of benzene rings is 2. The zero-order valence-electron chi connectivity index (χ0n) is 23.2. The Balaban J connectivity index is 0.934. The van der Waals surface area contributed by atoms with Crippen molar-refractivity contribution in [2.24, 2.45) is 0 Å². The van der Waals surface area contributed by atoms with Crippen LogP contribution in [-0.2, 0) is 4.79 Å². The van der Waals surface area contributed by atoms with Crippen molar-refractivity contribution in [1.29, 1.82) is 0 Å². The van der Waals surface area contributed by atoms with Crippen molar-refractivity contribution in [2.75, 3.05) is 55.6 Å². The maximum absolute atomic E-state index is 13.3. The number of likely N-dealkylation sites (tertiary alicyclic amines) is 1. The summed E-state index contributed by atoms with van der Waals surface area (Å²) in [6.07, 6.45) is 4.64. The number of fused-ring (bicyclic) bond motifs is 1. The van der Waals surface area contributed by atoms with E-state index in [4.69, 9.17) is 0 Å². The molecule has 0 N–H and O–H groups in total. The Kier molecular flexibility index (Phi) is 7.41. The fourth-order valence-corrected chi connectivity index (χ4v) is 8.46. The number of amides is 1. The van der Waals surface area contributed by atoms with E-state index in [0.717, 1.165) is 57.1 Å². The molecule has 2 saturated heterocycles. The second-order valence-corrected chi connectivity index (χ2v) is 13.2. The number of anilines is 3. The molecule has 5 heterocycles. The summed E-state index contributed by atoms with van der Waals surface area (Å²) in [6.45, 7) is 7.96. The van der Waals surface area contributed by atoms with E-state index in [1.165, 1.54) is 26.8 Å². The lowest BCUT2D eigenvalue weighted by Gasteiger charge is -2.36. The highest BCUT2D eigenvalue weighted by molar-refractivity contribution is 8.00. The maximum Gasteiger partial charge on any atom is 0.236 e. The van der Waals surface area contributed by atoms with Crippen LogP contribution in [0.3, 0.4) is 0 Å². The molecule has 0 radical (unpaired) electrons. The minimum atomic E-state index is 0.256. The van der Waals surface area contributed by atoms with Gasteiger partial charge in [-0.25, -0.2) is 9.97 Å². The monoisotopic (exact) mass is 582 g/mol. The molecule has 0 bridgehead atoms. The summed E-state index contributed by atoms with van der Waals surface area (Å²) in [5.74, 6) is 1.47. The zero-order chi connectivity index (χ0) is 27.8. The van der Waals surface area contributed by atoms with Crippen molar-refractivity contribution < 1.29 is 4.79 Å². The first kappa shape index (κ1) is 26.5. The van der Waals surface area contributed by atoms with Crippen LogP contribution in [0.1, 0.15) is 24.1 Å². The largest absolute Gasteiger partial charge is 0.368 e. The second kappa shape index (κ2) is 11.5. The van der Waals surface area contributed by atoms with Crippen molar-refractivity contribution in [2.45, 2.75) is 29.5 Å². The van der Waals surface area contributed by atoms with Gasteiger partial charge < -0.3 is 14.7 Å². The average molecular weight is 583 g/mol. The third kappa shape index (κ3) is 5.34. The Morgan fingerprint density at radius 2 is 1.68 bits per heavy atom. The Labute approximate surface area is 249 Å². The van der Waals surface area contributed by atoms with E-state index in [1.54, 1.807) is 12.4 Å². The van der Waals surface area contributed by atoms with Crippen LogP contribution in [-0.4, -0.2) is 76.9 Å². The van der Waals surface area contributed by atoms with Crippen LogP contribution in [0.5, 0.6) is 0 Å². The van der Waals surface area contributed by atoms with Crippen molar-refractivity contribution in [1.82, 2.24) is 19.8 Å². The van der Waals surface area contributed by atoms with Crippen LogP contribution in [0.2, 0.25) is 0 Å². The highest BCUT2D eigenvalue weighted by Gasteiger charge is 2.34. The molecule has 7 nitrogen and oxygen atoms in total. The molecular weight excluding hydrogens is 549 g/mol. The number of hydrogen-bond donors (Lipinski definition) is 0. The molecule has 2 fully saturated rings. The predicted octanol–water partition coefficient (Wildman–Crippen LogP) is 5.93. The molecule has 210 valence electrons. The minimum absolute atomic E-state index is 0.256. The number of thioether (sulfide) groups is 1. The quantitative estimate of drug-likeness (QED) is 0.279. The SMILES string of the molecule is C[C@@H]1Sc2ccccc2N1c1ccsc1C1CCN(CC(=O)N2CCN(c3ccc(-c4ncccn4)cc3)CC2)C1. The van der Waals surface area contributed by atoms with Crippen LogP contribution in [0.25, 0.3) is 11.4 Å². The van der Waals surface area contributed by atoms with Gasteiger partial charge in [-0.15, -0.1) is 11.3 Å². The van der Waals surface area contributed by atoms with Crippen LogP contribution < -0.4 is 9.80 Å². The molecule has 2 atom stereocenters. The van der Waals surface area contributed by atoms with Crippen molar-refractivity contribution >= 4 is 46.1 Å². The molecule has 3 aliphatic rings. The zero-order valence-corrected chi connectivity index (χ0v) is 24.9. The third-order valence-electron chi connectivity index (χ3n) is 8.41. The van der Waals surface area contributed by atoms with Gasteiger partial charge in [-0.05, 0) is 73.8 Å². The Bertz CT molecular complexity index is 1500. The Morgan fingerprint density at radius 3 is 2.49 bits per heavy atom. The molecule has 0 aliphatic carbocycles.